The minimum Gasteiger partial charge on any atom is -0.389 e. The molecule has 1 heterocycles. The molecule has 0 saturated carbocycles. The minimum atomic E-state index is -0.524. The molecule has 0 aromatic heterocycles. The second-order valence-corrected chi connectivity index (χ2v) is 8.29. The molecular weight excluding hydrogens is 418 g/mol. The first-order chi connectivity index (χ1) is 13.6. The zero-order chi connectivity index (χ0) is 19.9. The van der Waals surface area contributed by atoms with Crippen LogP contribution in [0, 0.1) is 0 Å². The molecule has 0 radical (unpaired) electrons. The van der Waals surface area contributed by atoms with Crippen molar-refractivity contribution in [2.75, 3.05) is 26.3 Å². The first-order valence-electron chi connectivity index (χ1n) is 10.0. The van der Waals surface area contributed by atoms with Crippen LogP contribution in [0.25, 0.3) is 0 Å². The van der Waals surface area contributed by atoms with E-state index in [1.165, 1.54) is 5.56 Å². The lowest BCUT2D eigenvalue weighted by molar-refractivity contribution is -0.0891. The van der Waals surface area contributed by atoms with Crippen LogP contribution in [0.4, 0.5) is 0 Å². The van der Waals surface area contributed by atoms with Crippen molar-refractivity contribution in [2.45, 2.75) is 44.6 Å². The SMILES string of the molecule is CCC(OCC(O)CN1CCOC(c2ccc(Br)cc2)C1C)c1ccccc1. The van der Waals surface area contributed by atoms with Crippen molar-refractivity contribution < 1.29 is 14.6 Å². The Kier molecular flexibility index (Phi) is 8.06. The van der Waals surface area contributed by atoms with Gasteiger partial charge in [-0.2, -0.15) is 0 Å². The molecule has 2 aromatic rings. The summed E-state index contributed by atoms with van der Waals surface area (Å²) in [5.41, 5.74) is 2.33. The van der Waals surface area contributed by atoms with Crippen LogP contribution in [0.1, 0.15) is 43.6 Å². The Hall–Kier alpha value is -1.24. The molecule has 152 valence electrons. The van der Waals surface area contributed by atoms with Crippen LogP contribution in [-0.2, 0) is 9.47 Å². The van der Waals surface area contributed by atoms with Gasteiger partial charge < -0.3 is 14.6 Å². The number of ether oxygens (including phenoxy) is 2. The fourth-order valence-corrected chi connectivity index (χ4v) is 4.05. The van der Waals surface area contributed by atoms with E-state index >= 15 is 0 Å². The Morgan fingerprint density at radius 1 is 1.18 bits per heavy atom. The lowest BCUT2D eigenvalue weighted by atomic mass is 10.0. The van der Waals surface area contributed by atoms with E-state index in [2.05, 4.69) is 58.9 Å². The Morgan fingerprint density at radius 3 is 2.57 bits per heavy atom. The molecule has 0 bridgehead atoms. The molecule has 5 heteroatoms. The molecule has 1 fully saturated rings. The molecule has 0 spiro atoms. The van der Waals surface area contributed by atoms with Gasteiger partial charge in [-0.3, -0.25) is 4.90 Å². The highest BCUT2D eigenvalue weighted by atomic mass is 79.9. The molecule has 4 nitrogen and oxygen atoms in total. The molecule has 1 aliphatic rings. The highest BCUT2D eigenvalue weighted by molar-refractivity contribution is 9.10. The standard InChI is InChI=1S/C23H30BrNO3/c1-3-22(18-7-5-4-6-8-18)28-16-21(26)15-25-13-14-27-23(17(25)2)19-9-11-20(24)12-10-19/h4-12,17,21-23,26H,3,13-16H2,1-2H3. The Bertz CT molecular complexity index is 710. The number of hydrogen-bond donors (Lipinski definition) is 1. The quantitative estimate of drug-likeness (QED) is 0.634. The van der Waals surface area contributed by atoms with E-state index in [0.717, 1.165) is 23.0 Å². The number of nitrogens with zero attached hydrogens (tertiary/aromatic N) is 1. The van der Waals surface area contributed by atoms with Crippen LogP contribution in [0.3, 0.4) is 0 Å². The third-order valence-corrected chi connectivity index (χ3v) is 5.89. The number of β-amino-alcohol motifs (C(OH)–C–C–N with tert-alkyl or cyclic N) is 1. The highest BCUT2D eigenvalue weighted by Crippen LogP contribution is 2.29. The van der Waals surface area contributed by atoms with Crippen LogP contribution in [0.2, 0.25) is 0 Å². The number of aliphatic hydroxyl groups excluding tert-OH is 1. The summed E-state index contributed by atoms with van der Waals surface area (Å²) in [6.45, 7) is 6.68. The van der Waals surface area contributed by atoms with E-state index in [4.69, 9.17) is 9.47 Å². The van der Waals surface area contributed by atoms with Crippen molar-refractivity contribution in [3.63, 3.8) is 0 Å². The second kappa shape index (κ2) is 10.5. The number of hydrogen-bond acceptors (Lipinski definition) is 4. The monoisotopic (exact) mass is 447 g/mol. The normalized spacial score (nSPS) is 22.7. The van der Waals surface area contributed by atoms with E-state index in [1.54, 1.807) is 0 Å². The average Bonchev–Trinajstić information content (AvgIpc) is 2.72. The first-order valence-corrected chi connectivity index (χ1v) is 10.8. The van der Waals surface area contributed by atoms with Crippen LogP contribution in [-0.4, -0.2) is 48.5 Å². The van der Waals surface area contributed by atoms with E-state index < -0.39 is 6.10 Å². The van der Waals surface area contributed by atoms with Crippen LogP contribution in [0.5, 0.6) is 0 Å². The minimum absolute atomic E-state index is 0.0164. The van der Waals surface area contributed by atoms with Gasteiger partial charge >= 0.3 is 0 Å². The maximum atomic E-state index is 10.6. The van der Waals surface area contributed by atoms with Crippen molar-refractivity contribution in [3.05, 3.63) is 70.2 Å². The Morgan fingerprint density at radius 2 is 1.89 bits per heavy atom. The first kappa shape index (κ1) is 21.5. The molecule has 0 aliphatic carbocycles. The summed E-state index contributed by atoms with van der Waals surface area (Å²) >= 11 is 3.48. The summed E-state index contributed by atoms with van der Waals surface area (Å²) < 4.78 is 13.1. The maximum absolute atomic E-state index is 10.6. The number of rotatable bonds is 8. The van der Waals surface area contributed by atoms with E-state index in [1.807, 2.05) is 30.3 Å². The topological polar surface area (TPSA) is 41.9 Å². The summed E-state index contributed by atoms with van der Waals surface area (Å²) in [7, 11) is 0. The number of aliphatic hydroxyl groups is 1. The van der Waals surface area contributed by atoms with Gasteiger partial charge in [0.1, 0.15) is 0 Å². The van der Waals surface area contributed by atoms with Gasteiger partial charge in [-0.25, -0.2) is 0 Å². The Balaban J connectivity index is 1.54. The molecule has 1 N–H and O–H groups in total. The van der Waals surface area contributed by atoms with Gasteiger partial charge in [-0.15, -0.1) is 0 Å². The molecule has 3 rings (SSSR count). The molecular formula is C23H30BrNO3. The van der Waals surface area contributed by atoms with E-state index in [-0.39, 0.29) is 18.2 Å². The zero-order valence-corrected chi connectivity index (χ0v) is 18.2. The average molecular weight is 448 g/mol. The third kappa shape index (κ3) is 5.65. The summed E-state index contributed by atoms with van der Waals surface area (Å²) in [5, 5.41) is 10.6. The number of halogens is 1. The van der Waals surface area contributed by atoms with Gasteiger partial charge in [0.2, 0.25) is 0 Å². The van der Waals surface area contributed by atoms with Crippen molar-refractivity contribution >= 4 is 15.9 Å². The van der Waals surface area contributed by atoms with Gasteiger partial charge in [0, 0.05) is 23.6 Å². The maximum Gasteiger partial charge on any atom is 0.0977 e. The largest absolute Gasteiger partial charge is 0.389 e. The summed E-state index contributed by atoms with van der Waals surface area (Å²) in [6.07, 6.45) is 0.399. The lowest BCUT2D eigenvalue weighted by Crippen LogP contribution is -2.49. The number of benzene rings is 2. The summed E-state index contributed by atoms with van der Waals surface area (Å²) in [6, 6.07) is 18.7. The van der Waals surface area contributed by atoms with Gasteiger partial charge in [0.15, 0.2) is 0 Å². The third-order valence-electron chi connectivity index (χ3n) is 5.37. The van der Waals surface area contributed by atoms with Gasteiger partial charge in [-0.05, 0) is 36.6 Å². The fraction of sp³-hybridized carbons (Fsp3) is 0.478. The molecule has 0 amide bonds. The van der Waals surface area contributed by atoms with E-state index in [9.17, 15) is 5.11 Å². The predicted octanol–water partition coefficient (Wildman–Crippen LogP) is 4.74. The van der Waals surface area contributed by atoms with E-state index in [0.29, 0.717) is 19.8 Å². The van der Waals surface area contributed by atoms with Gasteiger partial charge in [0.05, 0.1) is 31.5 Å². The van der Waals surface area contributed by atoms with Crippen LogP contribution < -0.4 is 0 Å². The van der Waals surface area contributed by atoms with Crippen molar-refractivity contribution in [3.8, 4) is 0 Å². The molecule has 4 atom stereocenters. The lowest BCUT2D eigenvalue weighted by Gasteiger charge is -2.40. The smallest absolute Gasteiger partial charge is 0.0977 e. The van der Waals surface area contributed by atoms with Gasteiger partial charge in [0.25, 0.3) is 0 Å². The van der Waals surface area contributed by atoms with Gasteiger partial charge in [-0.1, -0.05) is 65.3 Å². The van der Waals surface area contributed by atoms with Crippen molar-refractivity contribution in [1.29, 1.82) is 0 Å². The molecule has 2 aromatic carbocycles. The molecule has 28 heavy (non-hydrogen) atoms. The predicted molar refractivity (Wildman–Crippen MR) is 115 cm³/mol. The summed E-state index contributed by atoms with van der Waals surface area (Å²) in [4.78, 5) is 2.30. The van der Waals surface area contributed by atoms with Crippen molar-refractivity contribution in [2.24, 2.45) is 0 Å². The molecule has 1 aliphatic heterocycles. The van der Waals surface area contributed by atoms with Crippen molar-refractivity contribution in [1.82, 2.24) is 4.90 Å². The fourth-order valence-electron chi connectivity index (χ4n) is 3.78. The zero-order valence-electron chi connectivity index (χ0n) is 16.6. The Labute approximate surface area is 176 Å². The summed E-state index contributed by atoms with van der Waals surface area (Å²) in [5.74, 6) is 0. The molecule has 1 saturated heterocycles. The molecule has 4 unspecified atom stereocenters. The van der Waals surface area contributed by atoms with Crippen LogP contribution >= 0.6 is 15.9 Å². The second-order valence-electron chi connectivity index (χ2n) is 7.37. The highest BCUT2D eigenvalue weighted by Gasteiger charge is 2.31. The number of morpholine rings is 1. The van der Waals surface area contributed by atoms with Crippen LogP contribution in [0.15, 0.2) is 59.1 Å².